The van der Waals surface area contributed by atoms with Crippen LogP contribution in [0.4, 0.5) is 5.69 Å². The Kier molecular flexibility index (Phi) is 24.0. The summed E-state index contributed by atoms with van der Waals surface area (Å²) in [6, 6.07) is 8.63. The van der Waals surface area contributed by atoms with Crippen LogP contribution < -0.4 is 4.90 Å². The van der Waals surface area contributed by atoms with E-state index in [0.29, 0.717) is 0 Å². The van der Waals surface area contributed by atoms with Crippen LogP contribution in [0.2, 0.25) is 0 Å². The van der Waals surface area contributed by atoms with Gasteiger partial charge in [-0.3, -0.25) is 4.58 Å². The van der Waals surface area contributed by atoms with E-state index in [4.69, 9.17) is 0 Å². The van der Waals surface area contributed by atoms with Crippen LogP contribution in [-0.4, -0.2) is 31.6 Å². The SMILES string of the molecule is C#C.CC.CC.CCCCCC[N+](C)=CN(C)c1ccc(C)cc1. The fraction of sp³-hybridized carbons (Fsp3) is 0.591. The first kappa shape index (κ1) is 27.1. The number of benzene rings is 1. The molecule has 0 heterocycles. The first-order valence-electron chi connectivity index (χ1n) is 9.31. The Balaban J connectivity index is -0.000000659. The van der Waals surface area contributed by atoms with Crippen molar-refractivity contribution in [3.8, 4) is 12.8 Å². The number of hydrogen-bond donors (Lipinski definition) is 0. The van der Waals surface area contributed by atoms with Gasteiger partial charge in [-0.05, 0) is 31.9 Å². The summed E-state index contributed by atoms with van der Waals surface area (Å²) in [7, 11) is 4.25. The Morgan fingerprint density at radius 3 is 1.92 bits per heavy atom. The lowest BCUT2D eigenvalue weighted by Crippen LogP contribution is -2.23. The van der Waals surface area contributed by atoms with Gasteiger partial charge in [-0.1, -0.05) is 65.2 Å². The molecule has 0 N–H and O–H groups in total. The number of hydrogen-bond acceptors (Lipinski definition) is 0. The summed E-state index contributed by atoms with van der Waals surface area (Å²) < 4.78 is 2.27. The first-order chi connectivity index (χ1) is 11.6. The smallest absolute Gasteiger partial charge is 0.238 e. The molecule has 1 aromatic rings. The van der Waals surface area contributed by atoms with Crippen molar-refractivity contribution in [3.63, 3.8) is 0 Å². The third-order valence-corrected chi connectivity index (χ3v) is 3.18. The molecule has 0 radical (unpaired) electrons. The molecule has 0 saturated carbocycles. The molecule has 0 spiro atoms. The van der Waals surface area contributed by atoms with Crippen molar-refractivity contribution in [1.29, 1.82) is 0 Å². The largest absolute Gasteiger partial charge is 0.271 e. The molecule has 0 aliphatic heterocycles. The van der Waals surface area contributed by atoms with Gasteiger partial charge in [0.1, 0.15) is 5.69 Å². The molecule has 0 unspecified atom stereocenters. The van der Waals surface area contributed by atoms with Gasteiger partial charge in [0, 0.05) is 0 Å². The molecule has 2 heteroatoms. The maximum atomic E-state index is 4.00. The summed E-state index contributed by atoms with van der Waals surface area (Å²) in [4.78, 5) is 2.18. The summed E-state index contributed by atoms with van der Waals surface area (Å²) in [5.41, 5.74) is 2.54. The van der Waals surface area contributed by atoms with E-state index in [-0.39, 0.29) is 0 Å². The maximum absolute atomic E-state index is 4.00. The van der Waals surface area contributed by atoms with Gasteiger partial charge in [0.05, 0.1) is 20.6 Å². The highest BCUT2D eigenvalue weighted by Crippen LogP contribution is 2.11. The van der Waals surface area contributed by atoms with Crippen molar-refractivity contribution in [2.24, 2.45) is 0 Å². The summed E-state index contributed by atoms with van der Waals surface area (Å²) in [6.07, 6.45) is 15.4. The fourth-order valence-corrected chi connectivity index (χ4v) is 1.99. The lowest BCUT2D eigenvalue weighted by Gasteiger charge is -2.09. The van der Waals surface area contributed by atoms with Gasteiger partial charge < -0.3 is 0 Å². The van der Waals surface area contributed by atoms with Crippen LogP contribution in [0.3, 0.4) is 0 Å². The zero-order valence-corrected chi connectivity index (χ0v) is 17.5. The molecule has 0 fully saturated rings. The molecule has 0 atom stereocenters. The van der Waals surface area contributed by atoms with Crippen LogP contribution in [-0.2, 0) is 0 Å². The zero-order valence-electron chi connectivity index (χ0n) is 17.5. The number of terminal acetylenes is 1. The molecule has 2 nitrogen and oxygen atoms in total. The van der Waals surface area contributed by atoms with E-state index in [1.807, 2.05) is 27.7 Å². The van der Waals surface area contributed by atoms with E-state index in [2.05, 4.69) is 80.9 Å². The van der Waals surface area contributed by atoms with Gasteiger partial charge in [0.15, 0.2) is 0 Å². The Bertz CT molecular complexity index is 402. The van der Waals surface area contributed by atoms with E-state index in [0.717, 1.165) is 6.54 Å². The number of aryl methyl sites for hydroxylation is 1. The van der Waals surface area contributed by atoms with Gasteiger partial charge in [0.2, 0.25) is 6.34 Å². The number of unbranched alkanes of at least 4 members (excludes halogenated alkanes) is 3. The van der Waals surface area contributed by atoms with E-state index in [9.17, 15) is 0 Å². The Morgan fingerprint density at radius 2 is 1.46 bits per heavy atom. The number of anilines is 1. The lowest BCUT2D eigenvalue weighted by atomic mass is 10.2. The van der Waals surface area contributed by atoms with Crippen LogP contribution in [0.25, 0.3) is 0 Å². The van der Waals surface area contributed by atoms with Crippen LogP contribution >= 0.6 is 0 Å². The van der Waals surface area contributed by atoms with E-state index >= 15 is 0 Å². The second kappa shape index (κ2) is 21.2. The van der Waals surface area contributed by atoms with Crippen LogP contribution in [0, 0.1) is 19.8 Å². The minimum atomic E-state index is 1.14. The molecule has 24 heavy (non-hydrogen) atoms. The quantitative estimate of drug-likeness (QED) is 0.195. The second-order valence-electron chi connectivity index (χ2n) is 5.10. The maximum Gasteiger partial charge on any atom is 0.238 e. The van der Waals surface area contributed by atoms with Gasteiger partial charge in [0.25, 0.3) is 0 Å². The van der Waals surface area contributed by atoms with Crippen molar-refractivity contribution in [2.45, 2.75) is 67.2 Å². The summed E-state index contributed by atoms with van der Waals surface area (Å²) in [5.74, 6) is 0. The Morgan fingerprint density at radius 1 is 0.958 bits per heavy atom. The molecule has 138 valence electrons. The average Bonchev–Trinajstić information content (AvgIpc) is 2.64. The van der Waals surface area contributed by atoms with Crippen molar-refractivity contribution < 1.29 is 4.58 Å². The predicted molar refractivity (Wildman–Crippen MR) is 113 cm³/mol. The van der Waals surface area contributed by atoms with Crippen LogP contribution in [0.15, 0.2) is 24.3 Å². The fourth-order valence-electron chi connectivity index (χ4n) is 1.99. The topological polar surface area (TPSA) is 6.25 Å². The summed E-state index contributed by atoms with van der Waals surface area (Å²) in [5, 5.41) is 0. The highest BCUT2D eigenvalue weighted by Gasteiger charge is 2.04. The Labute approximate surface area is 152 Å². The van der Waals surface area contributed by atoms with Crippen molar-refractivity contribution in [2.75, 3.05) is 25.5 Å². The van der Waals surface area contributed by atoms with E-state index in [1.54, 1.807) is 0 Å². The highest BCUT2D eigenvalue weighted by molar-refractivity contribution is 5.74. The van der Waals surface area contributed by atoms with Gasteiger partial charge in [-0.25, -0.2) is 4.90 Å². The van der Waals surface area contributed by atoms with Crippen LogP contribution in [0.5, 0.6) is 0 Å². The molecular formula is C22H41N2+. The number of nitrogens with zero attached hydrogens (tertiary/aromatic N) is 2. The van der Waals surface area contributed by atoms with E-state index in [1.165, 1.54) is 36.9 Å². The predicted octanol–water partition coefficient (Wildman–Crippen LogP) is 5.98. The van der Waals surface area contributed by atoms with Gasteiger partial charge in [-0.15, -0.1) is 12.8 Å². The summed E-state index contributed by atoms with van der Waals surface area (Å²) in [6.45, 7) is 13.5. The second-order valence-corrected chi connectivity index (χ2v) is 5.10. The van der Waals surface area contributed by atoms with Crippen molar-refractivity contribution >= 4 is 12.0 Å². The molecule has 0 amide bonds. The molecule has 0 aliphatic carbocycles. The number of rotatable bonds is 7. The minimum Gasteiger partial charge on any atom is -0.271 e. The normalized spacial score (nSPS) is 9.33. The summed E-state index contributed by atoms with van der Waals surface area (Å²) >= 11 is 0. The molecule has 1 rings (SSSR count). The molecule has 1 aromatic carbocycles. The molecule has 0 saturated heterocycles. The molecule has 0 aliphatic rings. The van der Waals surface area contributed by atoms with Gasteiger partial charge >= 0.3 is 0 Å². The van der Waals surface area contributed by atoms with Gasteiger partial charge in [-0.2, -0.15) is 0 Å². The third-order valence-electron chi connectivity index (χ3n) is 3.18. The highest BCUT2D eigenvalue weighted by atomic mass is 15.2. The van der Waals surface area contributed by atoms with E-state index < -0.39 is 0 Å². The Hall–Kier alpha value is -1.75. The van der Waals surface area contributed by atoms with Crippen molar-refractivity contribution in [1.82, 2.24) is 0 Å². The first-order valence-corrected chi connectivity index (χ1v) is 9.31. The molecule has 0 aromatic heterocycles. The molecule has 0 bridgehead atoms. The minimum absolute atomic E-state index is 1.14. The molecular weight excluding hydrogens is 292 g/mol. The zero-order chi connectivity index (χ0) is 19.4. The lowest BCUT2D eigenvalue weighted by molar-refractivity contribution is -0.494. The standard InChI is InChI=1S/C16H27N2.2C2H6.C2H2/c1-5-6-7-8-13-17(3)14-18(4)16-11-9-15(2)10-12-16;3*1-2/h9-12,14H,5-8,13H2,1-4H3;2*1-2H3;1-2H/q+1;;;. The monoisotopic (exact) mass is 333 g/mol. The third kappa shape index (κ3) is 15.2. The van der Waals surface area contributed by atoms with Crippen molar-refractivity contribution in [3.05, 3.63) is 29.8 Å². The average molecular weight is 334 g/mol. The van der Waals surface area contributed by atoms with Crippen LogP contribution in [0.1, 0.15) is 65.9 Å².